The number of hydrogen-bond acceptors (Lipinski definition) is 2. The van der Waals surface area contributed by atoms with E-state index >= 15 is 0 Å². The zero-order valence-electron chi connectivity index (χ0n) is 12.3. The van der Waals surface area contributed by atoms with Crippen LogP contribution < -0.4 is 5.32 Å². The average molecular weight is 281 g/mol. The van der Waals surface area contributed by atoms with Crippen LogP contribution in [0.4, 0.5) is 0 Å². The van der Waals surface area contributed by atoms with Gasteiger partial charge in [0.15, 0.2) is 0 Å². The Kier molecular flexibility index (Phi) is 8.76. The largest absolute Gasteiger partial charge is 0.478 e. The lowest BCUT2D eigenvalue weighted by molar-refractivity contribution is -0.131. The number of nitrogens with one attached hydrogen (secondary N) is 1. The summed E-state index contributed by atoms with van der Waals surface area (Å²) in [6.45, 7) is 0. The summed E-state index contributed by atoms with van der Waals surface area (Å²) in [5, 5.41) is 11.4. The fourth-order valence-corrected chi connectivity index (χ4v) is 2.70. The molecule has 1 amide bonds. The standard InChI is InChI=1S/C16H27NO3/c18-15(12-13-16(19)20)17-14-10-8-6-4-2-1-3-5-7-9-11-14/h12-14H,1-11H2,(H,17,18)(H,19,20)/b13-12+. The third-order valence-electron chi connectivity index (χ3n) is 3.83. The van der Waals surface area contributed by atoms with Gasteiger partial charge < -0.3 is 10.4 Å². The highest BCUT2D eigenvalue weighted by atomic mass is 16.4. The molecule has 0 aromatic heterocycles. The first kappa shape index (κ1) is 16.7. The van der Waals surface area contributed by atoms with Crippen molar-refractivity contribution in [3.63, 3.8) is 0 Å². The molecular weight excluding hydrogens is 254 g/mol. The van der Waals surface area contributed by atoms with Crippen molar-refractivity contribution >= 4 is 11.9 Å². The van der Waals surface area contributed by atoms with Crippen LogP contribution >= 0.6 is 0 Å². The molecular formula is C16H27NO3. The molecule has 0 aromatic carbocycles. The molecule has 1 aliphatic rings. The maximum atomic E-state index is 11.6. The van der Waals surface area contributed by atoms with Crippen molar-refractivity contribution in [3.05, 3.63) is 12.2 Å². The SMILES string of the molecule is O=C(O)/C=C/C(=O)NC1CCCCCCCCCCC1. The molecule has 0 radical (unpaired) electrons. The van der Waals surface area contributed by atoms with Gasteiger partial charge in [-0.2, -0.15) is 0 Å². The van der Waals surface area contributed by atoms with Crippen molar-refractivity contribution in [2.45, 2.75) is 76.7 Å². The third-order valence-corrected chi connectivity index (χ3v) is 3.83. The van der Waals surface area contributed by atoms with Crippen molar-refractivity contribution in [1.29, 1.82) is 0 Å². The van der Waals surface area contributed by atoms with E-state index in [0.29, 0.717) is 0 Å². The van der Waals surface area contributed by atoms with Crippen LogP contribution in [0.15, 0.2) is 12.2 Å². The zero-order valence-corrected chi connectivity index (χ0v) is 12.3. The molecule has 0 heterocycles. The van der Waals surface area contributed by atoms with Gasteiger partial charge in [-0.3, -0.25) is 4.79 Å². The van der Waals surface area contributed by atoms with Crippen LogP contribution in [-0.4, -0.2) is 23.0 Å². The van der Waals surface area contributed by atoms with E-state index in [1.54, 1.807) is 0 Å². The molecule has 0 spiro atoms. The van der Waals surface area contributed by atoms with Crippen LogP contribution in [0.5, 0.6) is 0 Å². The van der Waals surface area contributed by atoms with Gasteiger partial charge in [-0.15, -0.1) is 0 Å². The topological polar surface area (TPSA) is 66.4 Å². The molecule has 0 aromatic rings. The molecule has 1 aliphatic carbocycles. The van der Waals surface area contributed by atoms with Gasteiger partial charge in [0.05, 0.1) is 0 Å². The van der Waals surface area contributed by atoms with E-state index in [0.717, 1.165) is 37.8 Å². The van der Waals surface area contributed by atoms with Crippen LogP contribution in [0.1, 0.15) is 70.6 Å². The van der Waals surface area contributed by atoms with Crippen LogP contribution in [0, 0.1) is 0 Å². The molecule has 0 atom stereocenters. The van der Waals surface area contributed by atoms with E-state index in [4.69, 9.17) is 5.11 Å². The fourth-order valence-electron chi connectivity index (χ4n) is 2.70. The summed E-state index contributed by atoms with van der Waals surface area (Å²) < 4.78 is 0. The Morgan fingerprint density at radius 3 is 1.70 bits per heavy atom. The Morgan fingerprint density at radius 1 is 0.800 bits per heavy atom. The predicted octanol–water partition coefficient (Wildman–Crippen LogP) is 3.42. The predicted molar refractivity (Wildman–Crippen MR) is 79.5 cm³/mol. The highest BCUT2D eigenvalue weighted by Crippen LogP contribution is 2.16. The van der Waals surface area contributed by atoms with E-state index < -0.39 is 5.97 Å². The smallest absolute Gasteiger partial charge is 0.328 e. The molecule has 1 saturated carbocycles. The Hall–Kier alpha value is -1.32. The second kappa shape index (κ2) is 10.5. The Bertz CT molecular complexity index is 314. The molecule has 0 bridgehead atoms. The van der Waals surface area contributed by atoms with Crippen molar-refractivity contribution < 1.29 is 14.7 Å². The molecule has 4 heteroatoms. The lowest BCUT2D eigenvalue weighted by Gasteiger charge is -2.18. The van der Waals surface area contributed by atoms with Gasteiger partial charge in [0.25, 0.3) is 0 Å². The van der Waals surface area contributed by atoms with Gasteiger partial charge in [-0.05, 0) is 12.8 Å². The maximum absolute atomic E-state index is 11.6. The van der Waals surface area contributed by atoms with Gasteiger partial charge >= 0.3 is 5.97 Å². The number of carbonyl (C=O) groups is 2. The molecule has 2 N–H and O–H groups in total. The number of rotatable bonds is 3. The molecule has 1 rings (SSSR count). The van der Waals surface area contributed by atoms with Crippen LogP contribution in [0.2, 0.25) is 0 Å². The Labute approximate surface area is 121 Å². The minimum Gasteiger partial charge on any atom is -0.478 e. The van der Waals surface area contributed by atoms with E-state index in [1.165, 1.54) is 44.9 Å². The number of amides is 1. The molecule has 114 valence electrons. The molecule has 0 aliphatic heterocycles. The third kappa shape index (κ3) is 8.73. The minimum absolute atomic E-state index is 0.195. The Balaban J connectivity index is 2.37. The van der Waals surface area contributed by atoms with E-state index in [2.05, 4.69) is 5.32 Å². The average Bonchev–Trinajstić information content (AvgIpc) is 2.39. The summed E-state index contributed by atoms with van der Waals surface area (Å²) in [4.78, 5) is 22.0. The first-order chi connectivity index (χ1) is 9.68. The molecule has 4 nitrogen and oxygen atoms in total. The van der Waals surface area contributed by atoms with Gasteiger partial charge in [-0.1, -0.05) is 57.8 Å². The second-order valence-electron chi connectivity index (χ2n) is 5.64. The molecule has 20 heavy (non-hydrogen) atoms. The number of carboxylic acids is 1. The summed E-state index contributed by atoms with van der Waals surface area (Å²) in [5.74, 6) is -1.37. The maximum Gasteiger partial charge on any atom is 0.328 e. The van der Waals surface area contributed by atoms with Crippen LogP contribution in [0.25, 0.3) is 0 Å². The van der Waals surface area contributed by atoms with Crippen molar-refractivity contribution in [1.82, 2.24) is 5.32 Å². The number of hydrogen-bond donors (Lipinski definition) is 2. The summed E-state index contributed by atoms with van der Waals surface area (Å²) >= 11 is 0. The summed E-state index contributed by atoms with van der Waals surface area (Å²) in [7, 11) is 0. The monoisotopic (exact) mass is 281 g/mol. The molecule has 0 unspecified atom stereocenters. The second-order valence-corrected chi connectivity index (χ2v) is 5.64. The number of carboxylic acid groups (broad SMARTS) is 1. The summed E-state index contributed by atoms with van der Waals surface area (Å²) in [5.41, 5.74) is 0. The normalized spacial score (nSPS) is 20.0. The van der Waals surface area contributed by atoms with Crippen LogP contribution in [-0.2, 0) is 9.59 Å². The van der Waals surface area contributed by atoms with E-state index in [-0.39, 0.29) is 11.9 Å². The van der Waals surface area contributed by atoms with Gasteiger partial charge in [0.2, 0.25) is 5.91 Å². The Morgan fingerprint density at radius 2 is 1.25 bits per heavy atom. The van der Waals surface area contributed by atoms with E-state index in [1.807, 2.05) is 0 Å². The first-order valence-corrected chi connectivity index (χ1v) is 7.90. The minimum atomic E-state index is -1.08. The highest BCUT2D eigenvalue weighted by Gasteiger charge is 2.11. The zero-order chi connectivity index (χ0) is 14.6. The van der Waals surface area contributed by atoms with Crippen molar-refractivity contribution in [3.8, 4) is 0 Å². The van der Waals surface area contributed by atoms with Gasteiger partial charge in [0.1, 0.15) is 0 Å². The summed E-state index contributed by atoms with van der Waals surface area (Å²) in [6.07, 6.45) is 15.4. The lowest BCUT2D eigenvalue weighted by Crippen LogP contribution is -2.33. The van der Waals surface area contributed by atoms with Gasteiger partial charge in [-0.25, -0.2) is 4.79 Å². The number of carbonyl (C=O) groups excluding carboxylic acids is 1. The van der Waals surface area contributed by atoms with Gasteiger partial charge in [0, 0.05) is 18.2 Å². The van der Waals surface area contributed by atoms with E-state index in [9.17, 15) is 9.59 Å². The molecule has 1 fully saturated rings. The van der Waals surface area contributed by atoms with Crippen LogP contribution in [0.3, 0.4) is 0 Å². The first-order valence-electron chi connectivity index (χ1n) is 7.90. The number of aliphatic carboxylic acids is 1. The summed E-state index contributed by atoms with van der Waals surface area (Å²) in [6, 6.07) is 0.195. The molecule has 0 saturated heterocycles. The highest BCUT2D eigenvalue weighted by molar-refractivity contribution is 5.93. The fraction of sp³-hybridized carbons (Fsp3) is 0.750. The quantitative estimate of drug-likeness (QED) is 0.779. The van der Waals surface area contributed by atoms with Crippen molar-refractivity contribution in [2.75, 3.05) is 0 Å². The lowest BCUT2D eigenvalue weighted by atomic mass is 9.98. The van der Waals surface area contributed by atoms with Crippen molar-refractivity contribution in [2.24, 2.45) is 0 Å².